The van der Waals surface area contributed by atoms with E-state index in [0.29, 0.717) is 11.3 Å². The number of benzene rings is 1. The molecule has 0 aliphatic heterocycles. The Hall–Kier alpha value is -0.820. The highest BCUT2D eigenvalue weighted by atomic mass is 15.0. The van der Waals surface area contributed by atoms with E-state index in [1.807, 2.05) is 0 Å². The van der Waals surface area contributed by atoms with Gasteiger partial charge in [-0.25, -0.2) is 0 Å². The van der Waals surface area contributed by atoms with Crippen LogP contribution in [0, 0.1) is 5.92 Å². The fourth-order valence-corrected chi connectivity index (χ4v) is 3.41. The molecule has 112 valence electrons. The molecule has 1 aromatic carbocycles. The maximum atomic E-state index is 3.72. The number of rotatable bonds is 4. The average Bonchev–Trinajstić information content (AvgIpc) is 2.32. The quantitative estimate of drug-likeness (QED) is 0.825. The van der Waals surface area contributed by atoms with Crippen LogP contribution in [0.4, 0.5) is 0 Å². The summed E-state index contributed by atoms with van der Waals surface area (Å²) in [5.41, 5.74) is 3.53. The Bertz CT molecular complexity index is 430. The van der Waals surface area contributed by atoms with Gasteiger partial charge in [0.05, 0.1) is 0 Å². The zero-order valence-corrected chi connectivity index (χ0v) is 14.1. The van der Waals surface area contributed by atoms with E-state index < -0.39 is 0 Å². The van der Waals surface area contributed by atoms with Crippen molar-refractivity contribution < 1.29 is 0 Å². The van der Waals surface area contributed by atoms with E-state index in [9.17, 15) is 0 Å². The Morgan fingerprint density at radius 3 is 2.10 bits per heavy atom. The molecule has 1 aromatic rings. The summed E-state index contributed by atoms with van der Waals surface area (Å²) >= 11 is 0. The number of hydrogen-bond donors (Lipinski definition) is 1. The highest BCUT2D eigenvalue weighted by molar-refractivity contribution is 5.33. The summed E-state index contributed by atoms with van der Waals surface area (Å²) in [7, 11) is 0. The molecule has 0 unspecified atom stereocenters. The Morgan fingerprint density at radius 1 is 1.15 bits per heavy atom. The highest BCUT2D eigenvalue weighted by Gasteiger charge is 2.43. The maximum absolute atomic E-state index is 3.72. The smallest absolute Gasteiger partial charge is 0.00968 e. The molecule has 1 aliphatic carbocycles. The molecule has 1 heteroatoms. The SMILES string of the molecule is CC1CC(CNC(C)(C)C)(c2ccc(C(C)C)cc2)C1. The van der Waals surface area contributed by atoms with Crippen molar-refractivity contribution in [2.45, 2.75) is 71.3 Å². The molecule has 0 amide bonds. The first kappa shape index (κ1) is 15.6. The lowest BCUT2D eigenvalue weighted by Crippen LogP contribution is -2.52. The van der Waals surface area contributed by atoms with Crippen molar-refractivity contribution >= 4 is 0 Å². The Balaban J connectivity index is 2.16. The zero-order valence-electron chi connectivity index (χ0n) is 14.1. The van der Waals surface area contributed by atoms with Crippen molar-refractivity contribution in [1.82, 2.24) is 5.32 Å². The lowest BCUT2D eigenvalue weighted by Gasteiger charge is -2.48. The molecule has 2 rings (SSSR count). The van der Waals surface area contributed by atoms with E-state index in [4.69, 9.17) is 0 Å². The Kier molecular flexibility index (Phi) is 4.30. The molecule has 0 radical (unpaired) electrons. The van der Waals surface area contributed by atoms with Gasteiger partial charge < -0.3 is 5.32 Å². The van der Waals surface area contributed by atoms with Gasteiger partial charge in [0.1, 0.15) is 0 Å². The highest BCUT2D eigenvalue weighted by Crippen LogP contribution is 2.47. The molecule has 1 saturated carbocycles. The van der Waals surface area contributed by atoms with Gasteiger partial charge in [-0.1, -0.05) is 45.0 Å². The molecular formula is C19H31N. The van der Waals surface area contributed by atoms with E-state index in [1.54, 1.807) is 0 Å². The van der Waals surface area contributed by atoms with Gasteiger partial charge in [0.15, 0.2) is 0 Å². The summed E-state index contributed by atoms with van der Waals surface area (Å²) in [5.74, 6) is 1.48. The lowest BCUT2D eigenvalue weighted by atomic mass is 9.59. The van der Waals surface area contributed by atoms with Crippen LogP contribution < -0.4 is 5.32 Å². The molecule has 1 aliphatic rings. The lowest BCUT2D eigenvalue weighted by molar-refractivity contribution is 0.142. The van der Waals surface area contributed by atoms with Gasteiger partial charge in [0, 0.05) is 17.5 Å². The van der Waals surface area contributed by atoms with Crippen LogP contribution in [0.3, 0.4) is 0 Å². The second-order valence-corrected chi connectivity index (χ2v) is 8.17. The third kappa shape index (κ3) is 3.44. The fraction of sp³-hybridized carbons (Fsp3) is 0.684. The molecule has 1 nitrogen and oxygen atoms in total. The second kappa shape index (κ2) is 5.52. The molecule has 1 fully saturated rings. The predicted molar refractivity (Wildman–Crippen MR) is 88.4 cm³/mol. The number of hydrogen-bond acceptors (Lipinski definition) is 1. The van der Waals surface area contributed by atoms with Crippen LogP contribution in [0.1, 0.15) is 71.4 Å². The summed E-state index contributed by atoms with van der Waals surface area (Å²) in [5, 5.41) is 3.72. The van der Waals surface area contributed by atoms with Gasteiger partial charge in [-0.3, -0.25) is 0 Å². The standard InChI is InChI=1S/C19H31N/c1-14(2)16-7-9-17(10-8-16)19(11-15(3)12-19)13-20-18(4,5)6/h7-10,14-15,20H,11-13H2,1-6H3. The van der Waals surface area contributed by atoms with Crippen LogP contribution in [-0.2, 0) is 5.41 Å². The van der Waals surface area contributed by atoms with E-state index >= 15 is 0 Å². The number of nitrogens with one attached hydrogen (secondary N) is 1. The second-order valence-electron chi connectivity index (χ2n) is 8.17. The largest absolute Gasteiger partial charge is 0.311 e. The molecule has 0 aromatic heterocycles. The van der Waals surface area contributed by atoms with E-state index in [0.717, 1.165) is 12.5 Å². The molecule has 1 N–H and O–H groups in total. The molecule has 0 bridgehead atoms. The van der Waals surface area contributed by atoms with Crippen LogP contribution >= 0.6 is 0 Å². The third-order valence-electron chi connectivity index (χ3n) is 4.63. The van der Waals surface area contributed by atoms with Crippen molar-refractivity contribution in [3.8, 4) is 0 Å². The van der Waals surface area contributed by atoms with Crippen LogP contribution in [0.2, 0.25) is 0 Å². The topological polar surface area (TPSA) is 12.0 Å². The Labute approximate surface area is 125 Å². The van der Waals surface area contributed by atoms with Gasteiger partial charge in [0.25, 0.3) is 0 Å². The minimum atomic E-state index is 0.198. The fourth-order valence-electron chi connectivity index (χ4n) is 3.41. The molecule has 0 saturated heterocycles. The summed E-state index contributed by atoms with van der Waals surface area (Å²) < 4.78 is 0. The van der Waals surface area contributed by atoms with Crippen molar-refractivity contribution in [2.75, 3.05) is 6.54 Å². The molecule has 0 atom stereocenters. The summed E-state index contributed by atoms with van der Waals surface area (Å²) in [6, 6.07) is 9.38. The van der Waals surface area contributed by atoms with Gasteiger partial charge in [-0.15, -0.1) is 0 Å². The normalized spacial score (nSPS) is 26.6. The maximum Gasteiger partial charge on any atom is 0.00968 e. The first-order chi connectivity index (χ1) is 9.22. The summed E-state index contributed by atoms with van der Waals surface area (Å²) in [6.07, 6.45) is 2.63. The molecule has 0 heterocycles. The van der Waals surface area contributed by atoms with Crippen LogP contribution in [0.25, 0.3) is 0 Å². The van der Waals surface area contributed by atoms with Crippen LogP contribution in [0.5, 0.6) is 0 Å². The van der Waals surface area contributed by atoms with Crippen molar-refractivity contribution in [3.63, 3.8) is 0 Å². The van der Waals surface area contributed by atoms with Crippen molar-refractivity contribution in [3.05, 3.63) is 35.4 Å². The zero-order chi connectivity index (χ0) is 15.0. The van der Waals surface area contributed by atoms with Crippen LogP contribution in [0.15, 0.2) is 24.3 Å². The minimum absolute atomic E-state index is 0.198. The van der Waals surface area contributed by atoms with E-state index in [1.165, 1.54) is 24.0 Å². The minimum Gasteiger partial charge on any atom is -0.311 e. The Morgan fingerprint density at radius 2 is 1.70 bits per heavy atom. The van der Waals surface area contributed by atoms with Gasteiger partial charge in [0.2, 0.25) is 0 Å². The monoisotopic (exact) mass is 273 g/mol. The summed E-state index contributed by atoms with van der Waals surface area (Å²) in [4.78, 5) is 0. The molecule has 0 spiro atoms. The van der Waals surface area contributed by atoms with Crippen molar-refractivity contribution in [2.24, 2.45) is 5.92 Å². The van der Waals surface area contributed by atoms with Gasteiger partial charge in [-0.2, -0.15) is 0 Å². The van der Waals surface area contributed by atoms with Crippen molar-refractivity contribution in [1.29, 1.82) is 0 Å². The van der Waals surface area contributed by atoms with Gasteiger partial charge >= 0.3 is 0 Å². The molecule has 20 heavy (non-hydrogen) atoms. The molecular weight excluding hydrogens is 242 g/mol. The van der Waals surface area contributed by atoms with E-state index in [2.05, 4.69) is 71.1 Å². The summed E-state index contributed by atoms with van der Waals surface area (Å²) in [6.45, 7) is 14.8. The van der Waals surface area contributed by atoms with Crippen LogP contribution in [-0.4, -0.2) is 12.1 Å². The van der Waals surface area contributed by atoms with E-state index in [-0.39, 0.29) is 5.54 Å². The first-order valence-electron chi connectivity index (χ1n) is 8.07. The third-order valence-corrected chi connectivity index (χ3v) is 4.63. The first-order valence-corrected chi connectivity index (χ1v) is 8.07. The average molecular weight is 273 g/mol. The predicted octanol–water partition coefficient (Wildman–Crippen LogP) is 4.87. The van der Waals surface area contributed by atoms with Gasteiger partial charge in [-0.05, 0) is 56.6 Å².